The van der Waals surface area contributed by atoms with Crippen LogP contribution in [-0.2, 0) is 9.59 Å². The largest absolute Gasteiger partial charge is 0.481 e. The smallest absolute Gasteiger partial charge is 0.306 e. The van der Waals surface area contributed by atoms with E-state index in [2.05, 4.69) is 10.6 Å². The summed E-state index contributed by atoms with van der Waals surface area (Å²) in [5, 5.41) is 14.9. The molecule has 1 atom stereocenters. The Morgan fingerprint density at radius 1 is 1.26 bits per heavy atom. The number of hydrogen-bond acceptors (Lipinski definition) is 3. The average molecular weight is 270 g/mol. The van der Waals surface area contributed by atoms with Crippen LogP contribution in [0.1, 0.15) is 51.9 Å². The Bertz CT molecular complexity index is 312. The molecule has 5 heteroatoms. The van der Waals surface area contributed by atoms with E-state index in [9.17, 15) is 9.59 Å². The van der Waals surface area contributed by atoms with Gasteiger partial charge < -0.3 is 15.7 Å². The highest BCUT2D eigenvalue weighted by atomic mass is 16.4. The van der Waals surface area contributed by atoms with Gasteiger partial charge in [-0.15, -0.1) is 0 Å². The van der Waals surface area contributed by atoms with Crippen molar-refractivity contribution >= 4 is 11.9 Å². The van der Waals surface area contributed by atoms with Gasteiger partial charge in [0.15, 0.2) is 0 Å². The van der Waals surface area contributed by atoms with Gasteiger partial charge in [0.25, 0.3) is 0 Å². The highest BCUT2D eigenvalue weighted by Crippen LogP contribution is 2.30. The van der Waals surface area contributed by atoms with Crippen molar-refractivity contribution < 1.29 is 14.7 Å². The van der Waals surface area contributed by atoms with Gasteiger partial charge in [0.2, 0.25) is 5.91 Å². The molecule has 1 saturated carbocycles. The third-order valence-corrected chi connectivity index (χ3v) is 4.16. The molecular weight excluding hydrogens is 244 g/mol. The molecule has 1 unspecified atom stereocenters. The number of aliphatic carboxylic acids is 1. The van der Waals surface area contributed by atoms with Crippen LogP contribution in [0.2, 0.25) is 0 Å². The summed E-state index contributed by atoms with van der Waals surface area (Å²) >= 11 is 0. The predicted octanol–water partition coefficient (Wildman–Crippen LogP) is 1.53. The van der Waals surface area contributed by atoms with Gasteiger partial charge in [-0.05, 0) is 26.3 Å². The highest BCUT2D eigenvalue weighted by molar-refractivity contribution is 5.77. The second kappa shape index (κ2) is 7.48. The molecule has 0 aromatic carbocycles. The van der Waals surface area contributed by atoms with Crippen LogP contribution in [0.4, 0.5) is 0 Å². The zero-order valence-electron chi connectivity index (χ0n) is 12.0. The van der Waals surface area contributed by atoms with Gasteiger partial charge in [0.05, 0.1) is 5.92 Å². The van der Waals surface area contributed by atoms with Gasteiger partial charge in [-0.1, -0.05) is 26.2 Å². The van der Waals surface area contributed by atoms with Crippen LogP contribution in [-0.4, -0.2) is 36.1 Å². The minimum atomic E-state index is -0.812. The second-order valence-electron chi connectivity index (χ2n) is 5.65. The van der Waals surface area contributed by atoms with Crippen molar-refractivity contribution in [3.63, 3.8) is 0 Å². The van der Waals surface area contributed by atoms with Gasteiger partial charge in [0, 0.05) is 18.5 Å². The monoisotopic (exact) mass is 270 g/mol. The maximum Gasteiger partial charge on any atom is 0.306 e. The molecule has 19 heavy (non-hydrogen) atoms. The standard InChI is InChI=1S/C14H26N2O3/c1-11(13(18)19)6-9-16-12(17)10-14(15-2)7-4-3-5-8-14/h11,15H,3-10H2,1-2H3,(H,16,17)(H,18,19). The number of amides is 1. The lowest BCUT2D eigenvalue weighted by atomic mass is 9.79. The number of carbonyl (C=O) groups excluding carboxylic acids is 1. The fourth-order valence-corrected chi connectivity index (χ4v) is 2.67. The lowest BCUT2D eigenvalue weighted by molar-refractivity contribution is -0.141. The van der Waals surface area contributed by atoms with E-state index >= 15 is 0 Å². The fraction of sp³-hybridized carbons (Fsp3) is 0.857. The first-order valence-electron chi connectivity index (χ1n) is 7.17. The van der Waals surface area contributed by atoms with Gasteiger partial charge in [-0.2, -0.15) is 0 Å². The van der Waals surface area contributed by atoms with E-state index in [1.165, 1.54) is 19.3 Å². The molecule has 1 aliphatic carbocycles. The molecule has 1 aliphatic rings. The molecule has 1 amide bonds. The number of carbonyl (C=O) groups is 2. The number of carboxylic acid groups (broad SMARTS) is 1. The quantitative estimate of drug-likeness (QED) is 0.655. The van der Waals surface area contributed by atoms with E-state index in [-0.39, 0.29) is 11.4 Å². The van der Waals surface area contributed by atoms with Crippen molar-refractivity contribution in [2.24, 2.45) is 5.92 Å². The molecule has 0 heterocycles. The van der Waals surface area contributed by atoms with Crippen LogP contribution in [0.3, 0.4) is 0 Å². The van der Waals surface area contributed by atoms with Crippen LogP contribution < -0.4 is 10.6 Å². The third-order valence-electron chi connectivity index (χ3n) is 4.16. The minimum absolute atomic E-state index is 0.0221. The molecule has 0 aliphatic heterocycles. The number of rotatable bonds is 7. The third kappa shape index (κ3) is 5.19. The molecule has 1 fully saturated rings. The molecule has 5 nitrogen and oxygen atoms in total. The first-order chi connectivity index (χ1) is 8.99. The maximum absolute atomic E-state index is 11.9. The van der Waals surface area contributed by atoms with Crippen LogP contribution in [0.25, 0.3) is 0 Å². The Labute approximate surface area is 115 Å². The molecule has 0 radical (unpaired) electrons. The SMILES string of the molecule is CNC1(CC(=O)NCCC(C)C(=O)O)CCCCC1. The molecule has 0 bridgehead atoms. The van der Waals surface area contributed by atoms with Gasteiger partial charge in [-0.3, -0.25) is 9.59 Å². The normalized spacial score (nSPS) is 19.7. The Kier molecular flexibility index (Phi) is 6.28. The Morgan fingerprint density at radius 2 is 1.89 bits per heavy atom. The first-order valence-corrected chi connectivity index (χ1v) is 7.17. The second-order valence-corrected chi connectivity index (χ2v) is 5.65. The summed E-state index contributed by atoms with van der Waals surface area (Å²) in [5.74, 6) is -1.20. The van der Waals surface area contributed by atoms with Crippen molar-refractivity contribution in [3.05, 3.63) is 0 Å². The minimum Gasteiger partial charge on any atom is -0.481 e. The first kappa shape index (κ1) is 16.0. The van der Waals surface area contributed by atoms with E-state index in [0.717, 1.165) is 12.8 Å². The van der Waals surface area contributed by atoms with Crippen molar-refractivity contribution in [2.45, 2.75) is 57.4 Å². The zero-order chi connectivity index (χ0) is 14.3. The van der Waals surface area contributed by atoms with Crippen LogP contribution >= 0.6 is 0 Å². The summed E-state index contributed by atoms with van der Waals surface area (Å²) in [6, 6.07) is 0. The summed E-state index contributed by atoms with van der Waals surface area (Å²) in [4.78, 5) is 22.6. The molecule has 0 spiro atoms. The Hall–Kier alpha value is -1.10. The van der Waals surface area contributed by atoms with E-state index in [0.29, 0.717) is 19.4 Å². The highest BCUT2D eigenvalue weighted by Gasteiger charge is 2.32. The molecule has 0 saturated heterocycles. The van der Waals surface area contributed by atoms with E-state index < -0.39 is 11.9 Å². The van der Waals surface area contributed by atoms with Crippen molar-refractivity contribution in [1.82, 2.24) is 10.6 Å². The topological polar surface area (TPSA) is 78.4 Å². The predicted molar refractivity (Wildman–Crippen MR) is 73.9 cm³/mol. The van der Waals surface area contributed by atoms with E-state index in [4.69, 9.17) is 5.11 Å². The average Bonchev–Trinajstić information content (AvgIpc) is 2.39. The molecule has 3 N–H and O–H groups in total. The van der Waals surface area contributed by atoms with Crippen LogP contribution in [0.15, 0.2) is 0 Å². The molecule has 1 rings (SSSR count). The summed E-state index contributed by atoms with van der Waals surface area (Å²) in [6.45, 7) is 2.09. The molecule has 110 valence electrons. The number of nitrogens with one attached hydrogen (secondary N) is 2. The van der Waals surface area contributed by atoms with Crippen molar-refractivity contribution in [2.75, 3.05) is 13.6 Å². The molecular formula is C14H26N2O3. The summed E-state index contributed by atoms with van der Waals surface area (Å²) in [6.07, 6.45) is 6.65. The fourth-order valence-electron chi connectivity index (χ4n) is 2.67. The Morgan fingerprint density at radius 3 is 2.42 bits per heavy atom. The van der Waals surface area contributed by atoms with Crippen molar-refractivity contribution in [1.29, 1.82) is 0 Å². The maximum atomic E-state index is 11.9. The van der Waals surface area contributed by atoms with E-state index in [1.54, 1.807) is 6.92 Å². The number of hydrogen-bond donors (Lipinski definition) is 3. The molecule has 0 aromatic heterocycles. The summed E-state index contributed by atoms with van der Waals surface area (Å²) in [7, 11) is 1.92. The van der Waals surface area contributed by atoms with Crippen LogP contribution in [0, 0.1) is 5.92 Å². The van der Waals surface area contributed by atoms with Crippen molar-refractivity contribution in [3.8, 4) is 0 Å². The van der Waals surface area contributed by atoms with Crippen LogP contribution in [0.5, 0.6) is 0 Å². The lowest BCUT2D eigenvalue weighted by Crippen LogP contribution is -2.48. The zero-order valence-corrected chi connectivity index (χ0v) is 12.0. The Balaban J connectivity index is 2.31. The summed E-state index contributed by atoms with van der Waals surface area (Å²) < 4.78 is 0. The molecule has 0 aromatic rings. The number of carboxylic acids is 1. The van der Waals surface area contributed by atoms with Gasteiger partial charge in [0.1, 0.15) is 0 Å². The van der Waals surface area contributed by atoms with Gasteiger partial charge >= 0.3 is 5.97 Å². The lowest BCUT2D eigenvalue weighted by Gasteiger charge is -2.36. The van der Waals surface area contributed by atoms with E-state index in [1.807, 2.05) is 7.05 Å². The van der Waals surface area contributed by atoms with Gasteiger partial charge in [-0.25, -0.2) is 0 Å². The summed E-state index contributed by atoms with van der Waals surface area (Å²) in [5.41, 5.74) is -0.0548.